The highest BCUT2D eigenvalue weighted by Crippen LogP contribution is 2.40. The summed E-state index contributed by atoms with van der Waals surface area (Å²) in [7, 11) is 0. The molecule has 3 rings (SSSR count). The first-order valence-electron chi connectivity index (χ1n) is 6.28. The fourth-order valence-corrected chi connectivity index (χ4v) is 3.85. The first-order valence-corrected chi connectivity index (χ1v) is 6.28. The van der Waals surface area contributed by atoms with Crippen LogP contribution in [0, 0.1) is 5.92 Å². The number of hydrogen-bond acceptors (Lipinski definition) is 2. The lowest BCUT2D eigenvalue weighted by Gasteiger charge is -2.40. The molecule has 2 saturated carbocycles. The molecule has 2 heteroatoms. The summed E-state index contributed by atoms with van der Waals surface area (Å²) >= 11 is 0. The molecule has 0 aromatic rings. The lowest BCUT2D eigenvalue weighted by Crippen LogP contribution is -2.48. The highest BCUT2D eigenvalue weighted by Gasteiger charge is 2.43. The molecule has 2 nitrogen and oxygen atoms in total. The fourth-order valence-electron chi connectivity index (χ4n) is 3.85. The van der Waals surface area contributed by atoms with Crippen LogP contribution < -0.4 is 0 Å². The van der Waals surface area contributed by atoms with E-state index < -0.39 is 0 Å². The van der Waals surface area contributed by atoms with Crippen LogP contribution in [0.2, 0.25) is 0 Å². The second-order valence-electron chi connectivity index (χ2n) is 5.45. The molecule has 3 fully saturated rings. The summed E-state index contributed by atoms with van der Waals surface area (Å²) < 4.78 is 0. The zero-order chi connectivity index (χ0) is 9.54. The molecule has 4 atom stereocenters. The highest BCUT2D eigenvalue weighted by atomic mass is 16.3. The predicted molar refractivity (Wildman–Crippen MR) is 56.1 cm³/mol. The number of piperidine rings is 1. The van der Waals surface area contributed by atoms with E-state index in [2.05, 4.69) is 4.90 Å². The Balaban J connectivity index is 1.69. The molecule has 1 aliphatic heterocycles. The maximum absolute atomic E-state index is 10.0. The van der Waals surface area contributed by atoms with E-state index in [0.717, 1.165) is 18.4 Å². The summed E-state index contributed by atoms with van der Waals surface area (Å²) in [5, 5.41) is 10.0. The molecular formula is C12H21NO. The Morgan fingerprint density at radius 3 is 2.50 bits per heavy atom. The van der Waals surface area contributed by atoms with E-state index in [4.69, 9.17) is 0 Å². The average Bonchev–Trinajstić information content (AvgIpc) is 2.79. The first kappa shape index (κ1) is 9.17. The molecule has 1 heterocycles. The van der Waals surface area contributed by atoms with Crippen molar-refractivity contribution in [1.29, 1.82) is 0 Å². The third kappa shape index (κ3) is 1.40. The summed E-state index contributed by atoms with van der Waals surface area (Å²) in [6.07, 6.45) is 9.09. The van der Waals surface area contributed by atoms with Crippen LogP contribution >= 0.6 is 0 Å². The molecule has 2 unspecified atom stereocenters. The zero-order valence-electron chi connectivity index (χ0n) is 8.86. The van der Waals surface area contributed by atoms with Gasteiger partial charge in [-0.2, -0.15) is 0 Å². The smallest absolute Gasteiger partial charge is 0.0695 e. The number of fused-ring (bicyclic) bond motifs is 2. The van der Waals surface area contributed by atoms with E-state index in [-0.39, 0.29) is 6.10 Å². The minimum Gasteiger partial charge on any atom is -0.391 e. The number of rotatable bonds is 1. The van der Waals surface area contributed by atoms with Gasteiger partial charge in [-0.1, -0.05) is 12.8 Å². The minimum atomic E-state index is -0.0249. The van der Waals surface area contributed by atoms with Gasteiger partial charge in [0.15, 0.2) is 0 Å². The summed E-state index contributed by atoms with van der Waals surface area (Å²) in [6, 6.07) is 1.34. The predicted octanol–water partition coefficient (Wildman–Crippen LogP) is 1.77. The van der Waals surface area contributed by atoms with Gasteiger partial charge in [0, 0.05) is 18.6 Å². The molecule has 1 N–H and O–H groups in total. The summed E-state index contributed by atoms with van der Waals surface area (Å²) in [6.45, 7) is 1.28. The van der Waals surface area contributed by atoms with Crippen LogP contribution in [0.4, 0.5) is 0 Å². The molecule has 3 aliphatic rings. The van der Waals surface area contributed by atoms with Gasteiger partial charge in [0.2, 0.25) is 0 Å². The van der Waals surface area contributed by atoms with E-state index in [0.29, 0.717) is 6.04 Å². The Bertz CT molecular complexity index is 218. The maximum Gasteiger partial charge on any atom is 0.0695 e. The fraction of sp³-hybridized carbons (Fsp3) is 1.00. The van der Waals surface area contributed by atoms with Gasteiger partial charge in [-0.05, 0) is 38.0 Å². The molecule has 80 valence electrons. The van der Waals surface area contributed by atoms with Crippen LogP contribution in [0.3, 0.4) is 0 Å². The van der Waals surface area contributed by atoms with Crippen molar-refractivity contribution in [3.8, 4) is 0 Å². The van der Waals surface area contributed by atoms with Crippen molar-refractivity contribution in [2.24, 2.45) is 5.92 Å². The molecule has 14 heavy (non-hydrogen) atoms. The van der Waals surface area contributed by atoms with Gasteiger partial charge in [-0.15, -0.1) is 0 Å². The van der Waals surface area contributed by atoms with E-state index in [9.17, 15) is 5.11 Å². The SMILES string of the molecule is O[C@H]1CCCC[C@@H]1N1CC2CCC1C2. The van der Waals surface area contributed by atoms with Crippen molar-refractivity contribution in [3.63, 3.8) is 0 Å². The maximum atomic E-state index is 10.0. The van der Waals surface area contributed by atoms with E-state index in [1.165, 1.54) is 45.1 Å². The Morgan fingerprint density at radius 1 is 1.00 bits per heavy atom. The molecule has 0 spiro atoms. The second kappa shape index (κ2) is 3.49. The summed E-state index contributed by atoms with van der Waals surface area (Å²) in [5.41, 5.74) is 0. The molecule has 1 saturated heterocycles. The lowest BCUT2D eigenvalue weighted by molar-refractivity contribution is 0.00522. The van der Waals surface area contributed by atoms with Crippen LogP contribution in [-0.2, 0) is 0 Å². The number of aliphatic hydroxyl groups is 1. The van der Waals surface area contributed by atoms with E-state index in [1.54, 1.807) is 0 Å². The van der Waals surface area contributed by atoms with Crippen molar-refractivity contribution in [3.05, 3.63) is 0 Å². The molecule has 2 aliphatic carbocycles. The molecular weight excluding hydrogens is 174 g/mol. The zero-order valence-corrected chi connectivity index (χ0v) is 8.86. The van der Waals surface area contributed by atoms with Crippen LogP contribution in [0.1, 0.15) is 44.9 Å². The Morgan fingerprint density at radius 2 is 1.86 bits per heavy atom. The van der Waals surface area contributed by atoms with Crippen LogP contribution in [0.5, 0.6) is 0 Å². The molecule has 0 radical (unpaired) electrons. The van der Waals surface area contributed by atoms with Gasteiger partial charge in [0.1, 0.15) is 0 Å². The monoisotopic (exact) mass is 195 g/mol. The van der Waals surface area contributed by atoms with Gasteiger partial charge in [-0.25, -0.2) is 0 Å². The van der Waals surface area contributed by atoms with Crippen molar-refractivity contribution >= 4 is 0 Å². The van der Waals surface area contributed by atoms with Gasteiger partial charge >= 0.3 is 0 Å². The molecule has 2 bridgehead atoms. The van der Waals surface area contributed by atoms with E-state index in [1.807, 2.05) is 0 Å². The Labute approximate surface area is 86.3 Å². The van der Waals surface area contributed by atoms with Crippen molar-refractivity contribution in [1.82, 2.24) is 4.90 Å². The molecule has 0 aromatic carbocycles. The third-order valence-corrected chi connectivity index (χ3v) is 4.57. The molecule has 0 amide bonds. The van der Waals surface area contributed by atoms with Gasteiger partial charge in [0.05, 0.1) is 6.10 Å². The Hall–Kier alpha value is -0.0800. The number of aliphatic hydroxyl groups excluding tert-OH is 1. The third-order valence-electron chi connectivity index (χ3n) is 4.57. The highest BCUT2D eigenvalue weighted by molar-refractivity contribution is 4.97. The standard InChI is InChI=1S/C12H21NO/c14-12-4-2-1-3-11(12)13-8-9-5-6-10(13)7-9/h9-12,14H,1-8H2/t9?,10?,11-,12-/m0/s1. The van der Waals surface area contributed by atoms with Gasteiger partial charge < -0.3 is 5.11 Å². The molecule has 0 aromatic heterocycles. The van der Waals surface area contributed by atoms with Crippen LogP contribution in [0.15, 0.2) is 0 Å². The number of likely N-dealkylation sites (tertiary alicyclic amines) is 1. The van der Waals surface area contributed by atoms with Crippen molar-refractivity contribution < 1.29 is 5.11 Å². The van der Waals surface area contributed by atoms with Gasteiger partial charge in [0.25, 0.3) is 0 Å². The Kier molecular flexibility index (Phi) is 2.29. The van der Waals surface area contributed by atoms with Crippen molar-refractivity contribution in [2.75, 3.05) is 6.54 Å². The largest absolute Gasteiger partial charge is 0.391 e. The van der Waals surface area contributed by atoms with Crippen molar-refractivity contribution in [2.45, 2.75) is 63.1 Å². The van der Waals surface area contributed by atoms with E-state index >= 15 is 0 Å². The minimum absolute atomic E-state index is 0.0249. The van der Waals surface area contributed by atoms with Crippen LogP contribution in [0.25, 0.3) is 0 Å². The summed E-state index contributed by atoms with van der Waals surface area (Å²) in [5.74, 6) is 0.967. The number of hydrogen-bond donors (Lipinski definition) is 1. The number of nitrogens with zero attached hydrogens (tertiary/aromatic N) is 1. The average molecular weight is 195 g/mol. The first-order chi connectivity index (χ1) is 6.84. The summed E-state index contributed by atoms with van der Waals surface area (Å²) in [4.78, 5) is 2.64. The normalized spacial score (nSPS) is 48.6. The van der Waals surface area contributed by atoms with Gasteiger partial charge in [-0.3, -0.25) is 4.90 Å². The topological polar surface area (TPSA) is 23.5 Å². The second-order valence-corrected chi connectivity index (χ2v) is 5.45. The quantitative estimate of drug-likeness (QED) is 0.689. The van der Waals surface area contributed by atoms with Crippen LogP contribution in [-0.4, -0.2) is 34.7 Å². The lowest BCUT2D eigenvalue weighted by atomic mass is 9.90.